The first-order chi connectivity index (χ1) is 9.60. The monoisotopic (exact) mass is 292 g/mol. The molecule has 0 spiro atoms. The van der Waals surface area contributed by atoms with Crippen LogP contribution in [0, 0.1) is 11.8 Å². The van der Waals surface area contributed by atoms with Crippen LogP contribution < -0.4 is 5.73 Å². The molecule has 2 heterocycles. The molecule has 0 radical (unpaired) electrons. The Labute approximate surface area is 123 Å². The van der Waals surface area contributed by atoms with Gasteiger partial charge < -0.3 is 15.4 Å². The van der Waals surface area contributed by atoms with Crippen LogP contribution in [0.4, 0.5) is 0 Å². The first-order valence-electron chi connectivity index (χ1n) is 6.77. The molecule has 1 fully saturated rings. The van der Waals surface area contributed by atoms with Gasteiger partial charge in [0.25, 0.3) is 5.91 Å². The summed E-state index contributed by atoms with van der Waals surface area (Å²) in [5.74, 6) is 5.89. The molecule has 1 aromatic heterocycles. The molecule has 0 saturated carbocycles. The summed E-state index contributed by atoms with van der Waals surface area (Å²) in [7, 11) is 1.82. The number of amides is 1. The smallest absolute Gasteiger partial charge is 0.251 e. The van der Waals surface area contributed by atoms with E-state index in [1.807, 2.05) is 25.4 Å². The predicted molar refractivity (Wildman–Crippen MR) is 80.3 cm³/mol. The van der Waals surface area contributed by atoms with Crippen LogP contribution in [0.1, 0.15) is 30.2 Å². The van der Waals surface area contributed by atoms with Gasteiger partial charge in [-0.3, -0.25) is 4.79 Å². The van der Waals surface area contributed by atoms with Crippen molar-refractivity contribution in [1.29, 1.82) is 0 Å². The third-order valence-corrected chi connectivity index (χ3v) is 4.19. The summed E-state index contributed by atoms with van der Waals surface area (Å²) < 4.78 is 5.62. The number of carbonyl (C=O) groups excluding carboxylic acids is 1. The van der Waals surface area contributed by atoms with E-state index in [9.17, 15) is 4.79 Å². The Balaban J connectivity index is 1.92. The summed E-state index contributed by atoms with van der Waals surface area (Å²) >= 11 is 1.61. The number of ether oxygens (including phenoxy) is 1. The highest BCUT2D eigenvalue weighted by molar-refractivity contribution is 7.10. The van der Waals surface area contributed by atoms with Gasteiger partial charge in [-0.1, -0.05) is 11.8 Å². The summed E-state index contributed by atoms with van der Waals surface area (Å²) in [5, 5.41) is 1.99. The van der Waals surface area contributed by atoms with E-state index in [1.54, 1.807) is 16.2 Å². The standard InChI is InChI=1S/C15H20N2O2S/c1-11-5-6-14(19-11)15(18)17(2)9-13-8-12(10-20-13)4-3-7-16/h8,10-11,14H,5-7,9,16H2,1-2H3. The molecule has 1 saturated heterocycles. The average molecular weight is 292 g/mol. The molecule has 2 rings (SSSR count). The highest BCUT2D eigenvalue weighted by atomic mass is 32.1. The van der Waals surface area contributed by atoms with Crippen molar-refractivity contribution in [3.8, 4) is 11.8 Å². The van der Waals surface area contributed by atoms with E-state index >= 15 is 0 Å². The molecular formula is C15H20N2O2S. The lowest BCUT2D eigenvalue weighted by Crippen LogP contribution is -2.35. The highest BCUT2D eigenvalue weighted by Crippen LogP contribution is 2.22. The molecule has 4 nitrogen and oxygen atoms in total. The van der Waals surface area contributed by atoms with Crippen LogP contribution in [0.3, 0.4) is 0 Å². The maximum absolute atomic E-state index is 12.2. The van der Waals surface area contributed by atoms with Crippen LogP contribution in [-0.4, -0.2) is 36.6 Å². The Bertz CT molecular complexity index is 529. The first kappa shape index (κ1) is 15.0. The van der Waals surface area contributed by atoms with Crippen LogP contribution in [-0.2, 0) is 16.1 Å². The Morgan fingerprint density at radius 3 is 3.05 bits per heavy atom. The van der Waals surface area contributed by atoms with Gasteiger partial charge in [-0.05, 0) is 25.8 Å². The zero-order valence-electron chi connectivity index (χ0n) is 11.9. The number of hydrogen-bond acceptors (Lipinski definition) is 4. The molecule has 0 aromatic carbocycles. The fraction of sp³-hybridized carbons (Fsp3) is 0.533. The van der Waals surface area contributed by atoms with Crippen molar-refractivity contribution in [3.63, 3.8) is 0 Å². The van der Waals surface area contributed by atoms with Gasteiger partial charge in [0, 0.05) is 22.9 Å². The summed E-state index contributed by atoms with van der Waals surface area (Å²) in [6.07, 6.45) is 1.70. The molecule has 108 valence electrons. The number of thiophene rings is 1. The molecule has 1 aromatic rings. The first-order valence-corrected chi connectivity index (χ1v) is 7.65. The number of nitrogens with zero attached hydrogens (tertiary/aromatic N) is 1. The lowest BCUT2D eigenvalue weighted by atomic mass is 10.2. The quantitative estimate of drug-likeness (QED) is 0.861. The SMILES string of the molecule is CC1CCC(C(=O)N(C)Cc2cc(C#CCN)cs2)O1. The van der Waals surface area contributed by atoms with Crippen LogP contribution >= 0.6 is 11.3 Å². The van der Waals surface area contributed by atoms with Crippen molar-refractivity contribution < 1.29 is 9.53 Å². The molecule has 1 aliphatic rings. The topological polar surface area (TPSA) is 55.6 Å². The minimum Gasteiger partial charge on any atom is -0.365 e. The molecular weight excluding hydrogens is 272 g/mol. The van der Waals surface area contributed by atoms with Gasteiger partial charge in [0.1, 0.15) is 6.10 Å². The van der Waals surface area contributed by atoms with E-state index in [2.05, 4.69) is 11.8 Å². The molecule has 1 aliphatic heterocycles. The molecule has 1 amide bonds. The van der Waals surface area contributed by atoms with Crippen LogP contribution in [0.5, 0.6) is 0 Å². The van der Waals surface area contributed by atoms with Crippen LogP contribution in [0.25, 0.3) is 0 Å². The van der Waals surface area contributed by atoms with Crippen molar-refractivity contribution >= 4 is 17.2 Å². The number of hydrogen-bond donors (Lipinski definition) is 1. The second kappa shape index (κ2) is 6.89. The Morgan fingerprint density at radius 1 is 1.60 bits per heavy atom. The molecule has 2 atom stereocenters. The largest absolute Gasteiger partial charge is 0.365 e. The van der Waals surface area contributed by atoms with Crippen molar-refractivity contribution in [1.82, 2.24) is 4.90 Å². The second-order valence-corrected chi connectivity index (χ2v) is 6.01. The zero-order chi connectivity index (χ0) is 14.5. The van der Waals surface area contributed by atoms with Crippen molar-refractivity contribution in [3.05, 3.63) is 21.9 Å². The zero-order valence-corrected chi connectivity index (χ0v) is 12.7. The van der Waals surface area contributed by atoms with E-state index in [-0.39, 0.29) is 18.1 Å². The van der Waals surface area contributed by atoms with E-state index in [0.717, 1.165) is 23.3 Å². The average Bonchev–Trinajstić information content (AvgIpc) is 3.04. The van der Waals surface area contributed by atoms with Crippen molar-refractivity contribution in [2.24, 2.45) is 5.73 Å². The van der Waals surface area contributed by atoms with Gasteiger partial charge >= 0.3 is 0 Å². The fourth-order valence-corrected chi connectivity index (χ4v) is 3.09. The van der Waals surface area contributed by atoms with Gasteiger partial charge in [0.2, 0.25) is 0 Å². The van der Waals surface area contributed by atoms with E-state index in [4.69, 9.17) is 10.5 Å². The van der Waals surface area contributed by atoms with Gasteiger partial charge in [-0.2, -0.15) is 0 Å². The molecule has 5 heteroatoms. The number of carbonyl (C=O) groups is 1. The van der Waals surface area contributed by atoms with Crippen molar-refractivity contribution in [2.75, 3.05) is 13.6 Å². The number of rotatable bonds is 3. The maximum Gasteiger partial charge on any atom is 0.251 e. The van der Waals surface area contributed by atoms with Gasteiger partial charge in [0.05, 0.1) is 19.2 Å². The lowest BCUT2D eigenvalue weighted by Gasteiger charge is -2.20. The third-order valence-electron chi connectivity index (χ3n) is 3.27. The number of nitrogens with two attached hydrogens (primary N) is 1. The molecule has 2 N–H and O–H groups in total. The molecule has 0 bridgehead atoms. The van der Waals surface area contributed by atoms with Gasteiger partial charge in [-0.25, -0.2) is 0 Å². The van der Waals surface area contributed by atoms with Crippen LogP contribution in [0.15, 0.2) is 11.4 Å². The second-order valence-electron chi connectivity index (χ2n) is 5.01. The summed E-state index contributed by atoms with van der Waals surface area (Å²) in [4.78, 5) is 15.1. The van der Waals surface area contributed by atoms with Gasteiger partial charge in [-0.15, -0.1) is 11.3 Å². The Morgan fingerprint density at radius 2 is 2.40 bits per heavy atom. The minimum absolute atomic E-state index is 0.0670. The maximum atomic E-state index is 12.2. The predicted octanol–water partition coefficient (Wildman–Crippen LogP) is 1.58. The normalized spacial score (nSPS) is 21.4. The van der Waals surface area contributed by atoms with E-state index in [0.29, 0.717) is 13.1 Å². The third kappa shape index (κ3) is 3.83. The molecule has 2 unspecified atom stereocenters. The summed E-state index contributed by atoms with van der Waals surface area (Å²) in [5.41, 5.74) is 6.31. The Hall–Kier alpha value is -1.35. The van der Waals surface area contributed by atoms with E-state index < -0.39 is 0 Å². The summed E-state index contributed by atoms with van der Waals surface area (Å²) in [6, 6.07) is 2.01. The summed E-state index contributed by atoms with van der Waals surface area (Å²) in [6.45, 7) is 2.97. The fourth-order valence-electron chi connectivity index (χ4n) is 2.22. The van der Waals surface area contributed by atoms with Crippen molar-refractivity contribution in [2.45, 2.75) is 38.5 Å². The molecule has 0 aliphatic carbocycles. The van der Waals surface area contributed by atoms with E-state index in [1.165, 1.54) is 0 Å². The number of likely N-dealkylation sites (N-methyl/N-ethyl adjacent to an activating group) is 1. The molecule has 20 heavy (non-hydrogen) atoms. The Kier molecular flexibility index (Phi) is 5.18. The highest BCUT2D eigenvalue weighted by Gasteiger charge is 2.30. The lowest BCUT2D eigenvalue weighted by molar-refractivity contribution is -0.141. The minimum atomic E-state index is -0.272. The van der Waals surface area contributed by atoms with Crippen LogP contribution in [0.2, 0.25) is 0 Å². The van der Waals surface area contributed by atoms with Gasteiger partial charge in [0.15, 0.2) is 0 Å².